The highest BCUT2D eigenvalue weighted by Gasteiger charge is 2.02. The fourth-order valence-corrected chi connectivity index (χ4v) is 1.16. The number of amides is 1. The van der Waals surface area contributed by atoms with Crippen LogP contribution in [0.5, 0.6) is 0 Å². The van der Waals surface area contributed by atoms with Crippen LogP contribution < -0.4 is 11.1 Å². The summed E-state index contributed by atoms with van der Waals surface area (Å²) in [6, 6.07) is 0.180. The van der Waals surface area contributed by atoms with Crippen LogP contribution in [-0.4, -0.2) is 22.9 Å². The number of carbonyl (C=O) groups is 1. The van der Waals surface area contributed by atoms with E-state index in [2.05, 4.69) is 5.32 Å². The van der Waals surface area contributed by atoms with Gasteiger partial charge < -0.3 is 11.1 Å². The molecule has 0 aliphatic carbocycles. The maximum Gasteiger partial charge on any atom is 0.221 e. The predicted molar refractivity (Wildman–Crippen MR) is 52.3 cm³/mol. The molecule has 12 heavy (non-hydrogen) atoms. The van der Waals surface area contributed by atoms with E-state index in [1.54, 1.807) is 0 Å². The van der Waals surface area contributed by atoms with Gasteiger partial charge in [0.05, 0.1) is 0 Å². The molecule has 0 unspecified atom stereocenters. The van der Waals surface area contributed by atoms with Crippen molar-refractivity contribution in [1.82, 2.24) is 5.32 Å². The van der Waals surface area contributed by atoms with Crippen molar-refractivity contribution in [2.45, 2.75) is 26.3 Å². The minimum Gasteiger partial charge on any atom is -0.379 e. The number of nitrogens with two attached hydrogens (primary N) is 1. The van der Waals surface area contributed by atoms with Gasteiger partial charge in [-0.05, 0) is 13.8 Å². The van der Waals surface area contributed by atoms with Crippen LogP contribution in [0.15, 0.2) is 0 Å². The first-order valence-electron chi connectivity index (χ1n) is 3.78. The highest BCUT2D eigenvalue weighted by atomic mass is 32.2. The van der Waals surface area contributed by atoms with Gasteiger partial charge in [-0.1, -0.05) is 11.8 Å². The fourth-order valence-electron chi connectivity index (χ4n) is 0.648. The van der Waals surface area contributed by atoms with Crippen LogP contribution in [0.25, 0.3) is 0 Å². The predicted octanol–water partition coefficient (Wildman–Crippen LogP) is 0.528. The molecule has 0 fully saturated rings. The Morgan fingerprint density at radius 3 is 2.67 bits per heavy atom. The molecule has 4 N–H and O–H groups in total. The molecule has 70 valence electrons. The van der Waals surface area contributed by atoms with E-state index in [4.69, 9.17) is 11.1 Å². The standard InChI is InChI=1S/C7H15N3OS/c1-5(2)10-6(11)3-4-12-7(8)9/h5H,3-4H2,1-2H3,(H3,8,9)(H,10,11). The van der Waals surface area contributed by atoms with Crippen molar-refractivity contribution in [3.8, 4) is 0 Å². The van der Waals surface area contributed by atoms with Crippen LogP contribution in [0.4, 0.5) is 0 Å². The quantitative estimate of drug-likeness (QED) is 0.446. The number of thioether (sulfide) groups is 1. The zero-order valence-electron chi connectivity index (χ0n) is 7.39. The number of amidine groups is 1. The van der Waals surface area contributed by atoms with Crippen LogP contribution in [-0.2, 0) is 4.79 Å². The Hall–Kier alpha value is -0.710. The van der Waals surface area contributed by atoms with Gasteiger partial charge in [-0.15, -0.1) is 0 Å². The van der Waals surface area contributed by atoms with Crippen molar-refractivity contribution < 1.29 is 4.79 Å². The number of hydrogen-bond acceptors (Lipinski definition) is 3. The van der Waals surface area contributed by atoms with Gasteiger partial charge in [-0.2, -0.15) is 0 Å². The van der Waals surface area contributed by atoms with E-state index in [1.807, 2.05) is 13.8 Å². The third-order valence-corrected chi connectivity index (χ3v) is 1.76. The topological polar surface area (TPSA) is 79.0 Å². The molecular formula is C7H15N3OS. The number of nitrogens with one attached hydrogen (secondary N) is 2. The molecule has 5 heteroatoms. The van der Waals surface area contributed by atoms with Crippen molar-refractivity contribution in [2.24, 2.45) is 5.73 Å². The molecule has 0 aromatic rings. The van der Waals surface area contributed by atoms with Crippen LogP contribution in [0.3, 0.4) is 0 Å². The van der Waals surface area contributed by atoms with E-state index in [1.165, 1.54) is 11.8 Å². The zero-order chi connectivity index (χ0) is 9.56. The van der Waals surface area contributed by atoms with Gasteiger partial charge in [-0.25, -0.2) is 0 Å². The molecule has 0 atom stereocenters. The highest BCUT2D eigenvalue weighted by Crippen LogP contribution is 2.00. The minimum atomic E-state index is 0.0127. The van der Waals surface area contributed by atoms with Gasteiger partial charge in [0.25, 0.3) is 0 Å². The second kappa shape index (κ2) is 5.88. The second-order valence-electron chi connectivity index (χ2n) is 2.68. The average Bonchev–Trinajstić information content (AvgIpc) is 1.84. The van der Waals surface area contributed by atoms with E-state index >= 15 is 0 Å². The minimum absolute atomic E-state index is 0.0127. The Labute approximate surface area is 76.8 Å². The third-order valence-electron chi connectivity index (χ3n) is 1.04. The summed E-state index contributed by atoms with van der Waals surface area (Å²) in [5.41, 5.74) is 5.09. The first kappa shape index (κ1) is 11.3. The number of carbonyl (C=O) groups excluding carboxylic acids is 1. The van der Waals surface area contributed by atoms with Crippen LogP contribution in [0.2, 0.25) is 0 Å². The van der Waals surface area contributed by atoms with E-state index in [-0.39, 0.29) is 17.1 Å². The lowest BCUT2D eigenvalue weighted by atomic mass is 10.3. The molecular weight excluding hydrogens is 174 g/mol. The summed E-state index contributed by atoms with van der Waals surface area (Å²) in [5, 5.41) is 9.70. The maximum atomic E-state index is 11.0. The summed E-state index contributed by atoms with van der Waals surface area (Å²) in [6.45, 7) is 3.83. The third kappa shape index (κ3) is 7.40. The monoisotopic (exact) mass is 189 g/mol. The van der Waals surface area contributed by atoms with Gasteiger partial charge in [0.1, 0.15) is 0 Å². The molecule has 0 saturated heterocycles. The maximum absolute atomic E-state index is 11.0. The summed E-state index contributed by atoms with van der Waals surface area (Å²) in [4.78, 5) is 11.0. The first-order chi connectivity index (χ1) is 5.52. The van der Waals surface area contributed by atoms with E-state index < -0.39 is 0 Å². The van der Waals surface area contributed by atoms with Crippen molar-refractivity contribution in [3.63, 3.8) is 0 Å². The summed E-state index contributed by atoms with van der Waals surface area (Å²) in [5.74, 6) is 0.590. The summed E-state index contributed by atoms with van der Waals surface area (Å²) >= 11 is 1.19. The number of rotatable bonds is 4. The number of hydrogen-bond donors (Lipinski definition) is 3. The van der Waals surface area contributed by atoms with Crippen molar-refractivity contribution in [3.05, 3.63) is 0 Å². The molecule has 0 radical (unpaired) electrons. The fraction of sp³-hybridized carbons (Fsp3) is 0.714. The Morgan fingerprint density at radius 2 is 2.25 bits per heavy atom. The summed E-state index contributed by atoms with van der Waals surface area (Å²) in [7, 11) is 0. The van der Waals surface area contributed by atoms with Crippen LogP contribution in [0.1, 0.15) is 20.3 Å². The molecule has 0 aromatic carbocycles. The Bertz CT molecular complexity index is 170. The Balaban J connectivity index is 3.38. The van der Waals surface area contributed by atoms with Crippen molar-refractivity contribution in [1.29, 1.82) is 5.41 Å². The van der Waals surface area contributed by atoms with Gasteiger partial charge in [0, 0.05) is 18.2 Å². The molecule has 0 heterocycles. The molecule has 0 bridgehead atoms. The average molecular weight is 189 g/mol. The van der Waals surface area contributed by atoms with Gasteiger partial charge in [0.2, 0.25) is 5.91 Å². The van der Waals surface area contributed by atoms with E-state index in [9.17, 15) is 4.79 Å². The molecule has 0 aliphatic rings. The van der Waals surface area contributed by atoms with Gasteiger partial charge in [-0.3, -0.25) is 10.2 Å². The largest absolute Gasteiger partial charge is 0.379 e. The molecule has 0 rings (SSSR count). The summed E-state index contributed by atoms with van der Waals surface area (Å²) in [6.07, 6.45) is 0.419. The normalized spacial score (nSPS) is 9.92. The summed E-state index contributed by atoms with van der Waals surface area (Å²) < 4.78 is 0. The molecule has 0 saturated carbocycles. The van der Waals surface area contributed by atoms with Crippen LogP contribution in [0, 0.1) is 5.41 Å². The van der Waals surface area contributed by atoms with Crippen molar-refractivity contribution in [2.75, 3.05) is 5.75 Å². The van der Waals surface area contributed by atoms with E-state index in [0.717, 1.165) is 0 Å². The lowest BCUT2D eigenvalue weighted by Crippen LogP contribution is -2.30. The van der Waals surface area contributed by atoms with Crippen LogP contribution >= 0.6 is 11.8 Å². The first-order valence-corrected chi connectivity index (χ1v) is 4.77. The molecule has 0 aromatic heterocycles. The lowest BCUT2D eigenvalue weighted by Gasteiger charge is -2.06. The van der Waals surface area contributed by atoms with E-state index in [0.29, 0.717) is 12.2 Å². The SMILES string of the molecule is CC(C)NC(=O)CCSC(=N)N. The lowest BCUT2D eigenvalue weighted by molar-refractivity contribution is -0.121. The molecule has 0 spiro atoms. The Morgan fingerprint density at radius 1 is 1.67 bits per heavy atom. The molecule has 1 amide bonds. The molecule has 0 aliphatic heterocycles. The molecule has 4 nitrogen and oxygen atoms in total. The van der Waals surface area contributed by atoms with Gasteiger partial charge in [0.15, 0.2) is 5.17 Å². The van der Waals surface area contributed by atoms with Crippen molar-refractivity contribution >= 4 is 22.8 Å². The zero-order valence-corrected chi connectivity index (χ0v) is 8.20. The smallest absolute Gasteiger partial charge is 0.221 e. The second-order valence-corrected chi connectivity index (χ2v) is 3.82. The van der Waals surface area contributed by atoms with Gasteiger partial charge >= 0.3 is 0 Å². The Kier molecular flexibility index (Phi) is 5.53. The highest BCUT2D eigenvalue weighted by molar-refractivity contribution is 8.13.